The fourth-order valence-electron chi connectivity index (χ4n) is 6.93. The molecule has 0 aliphatic rings. The zero-order chi connectivity index (χ0) is 39.3. The van der Waals surface area contributed by atoms with Gasteiger partial charge in [0, 0.05) is 6.42 Å². The first-order chi connectivity index (χ1) is 25.5. The number of hydrogen-bond donors (Lipinski definition) is 3. The monoisotopic (exact) mass is 776 g/mol. The molecule has 3 atom stereocenters. The summed E-state index contributed by atoms with van der Waals surface area (Å²) in [7, 11) is 1.63. The second kappa shape index (κ2) is 37.1. The van der Waals surface area contributed by atoms with Crippen molar-refractivity contribution in [3.8, 4) is 0 Å². The van der Waals surface area contributed by atoms with Crippen LogP contribution in [0.5, 0.6) is 0 Å². The molecule has 0 spiro atoms. The van der Waals surface area contributed by atoms with Crippen molar-refractivity contribution in [2.45, 2.75) is 238 Å². The van der Waals surface area contributed by atoms with Crippen LogP contribution in [0.2, 0.25) is 0 Å². The molecule has 53 heavy (non-hydrogen) atoms. The summed E-state index contributed by atoms with van der Waals surface area (Å²) in [5.74, 6) is -0.141. The number of carbonyl (C=O) groups excluding carboxylic acids is 1. The second-order valence-electron chi connectivity index (χ2n) is 17.1. The van der Waals surface area contributed by atoms with E-state index in [0.717, 1.165) is 38.5 Å². The molecule has 3 N–H and O–H groups in total. The SMILES string of the molecule is CCCCCCCCCCCCCCCCCCCC(O)C(COP(=O)(O)OCC[N+](C)(C)C)NC(=O)CCCCCCCCCCCCCCCC. The first-order valence-corrected chi connectivity index (χ1v) is 24.4. The molecule has 0 heterocycles. The number of unbranched alkanes of at least 4 members (excludes halogenated alkanes) is 29. The lowest BCUT2D eigenvalue weighted by molar-refractivity contribution is -0.870. The molecule has 0 aromatic heterocycles. The number of nitrogens with zero attached hydrogens (tertiary/aromatic N) is 1. The van der Waals surface area contributed by atoms with Gasteiger partial charge in [-0.3, -0.25) is 13.8 Å². The maximum atomic E-state index is 12.9. The number of quaternary nitrogens is 1. The maximum absolute atomic E-state index is 12.9. The smallest absolute Gasteiger partial charge is 0.391 e. The third-order valence-electron chi connectivity index (χ3n) is 10.6. The van der Waals surface area contributed by atoms with Crippen LogP contribution in [0.15, 0.2) is 0 Å². The summed E-state index contributed by atoms with van der Waals surface area (Å²) in [6, 6.07) is -0.752. The number of amides is 1. The van der Waals surface area contributed by atoms with Gasteiger partial charge in [-0.2, -0.15) is 0 Å². The predicted molar refractivity (Wildman–Crippen MR) is 226 cm³/mol. The first-order valence-electron chi connectivity index (χ1n) is 22.9. The number of nitrogens with one attached hydrogen (secondary N) is 1. The average Bonchev–Trinajstić information content (AvgIpc) is 3.10. The molecule has 0 aromatic carbocycles. The zero-order valence-corrected chi connectivity index (χ0v) is 36.9. The molecule has 0 bridgehead atoms. The van der Waals surface area contributed by atoms with Crippen LogP contribution in [0.1, 0.15) is 226 Å². The van der Waals surface area contributed by atoms with E-state index >= 15 is 0 Å². The molecular formula is C44H92N2O6P+. The number of phosphoric ester groups is 1. The third kappa shape index (κ3) is 39.5. The van der Waals surface area contributed by atoms with Crippen LogP contribution in [0.3, 0.4) is 0 Å². The molecule has 0 aliphatic heterocycles. The normalized spacial score (nSPS) is 14.3. The molecule has 8 nitrogen and oxygen atoms in total. The molecule has 0 saturated heterocycles. The van der Waals surface area contributed by atoms with E-state index in [0.29, 0.717) is 23.9 Å². The molecule has 318 valence electrons. The van der Waals surface area contributed by atoms with Crippen molar-refractivity contribution >= 4 is 13.7 Å². The summed E-state index contributed by atoms with van der Waals surface area (Å²) < 4.78 is 23.6. The molecule has 0 aliphatic carbocycles. The van der Waals surface area contributed by atoms with Crippen LogP contribution < -0.4 is 5.32 Å². The number of likely N-dealkylation sites (N-methyl/N-ethyl adjacent to an activating group) is 1. The number of hydrogen-bond acceptors (Lipinski definition) is 5. The summed E-state index contributed by atoms with van der Waals surface area (Å²) >= 11 is 0. The van der Waals surface area contributed by atoms with Crippen LogP contribution in [-0.2, 0) is 18.4 Å². The predicted octanol–water partition coefficient (Wildman–Crippen LogP) is 12.6. The van der Waals surface area contributed by atoms with Gasteiger partial charge in [-0.1, -0.05) is 206 Å². The van der Waals surface area contributed by atoms with Gasteiger partial charge in [-0.05, 0) is 12.8 Å². The van der Waals surface area contributed by atoms with Crippen molar-refractivity contribution in [1.29, 1.82) is 0 Å². The van der Waals surface area contributed by atoms with E-state index in [1.54, 1.807) is 0 Å². The van der Waals surface area contributed by atoms with Gasteiger partial charge < -0.3 is 19.8 Å². The van der Waals surface area contributed by atoms with Gasteiger partial charge in [-0.25, -0.2) is 4.57 Å². The maximum Gasteiger partial charge on any atom is 0.472 e. The molecule has 9 heteroatoms. The second-order valence-corrected chi connectivity index (χ2v) is 18.6. The molecule has 0 fully saturated rings. The van der Waals surface area contributed by atoms with Crippen molar-refractivity contribution < 1.29 is 32.9 Å². The minimum atomic E-state index is -4.31. The van der Waals surface area contributed by atoms with Crippen LogP contribution in [0.25, 0.3) is 0 Å². The zero-order valence-electron chi connectivity index (χ0n) is 36.0. The quantitative estimate of drug-likeness (QED) is 0.0324. The van der Waals surface area contributed by atoms with E-state index in [-0.39, 0.29) is 19.1 Å². The van der Waals surface area contributed by atoms with E-state index in [4.69, 9.17) is 9.05 Å². The number of carbonyl (C=O) groups is 1. The molecule has 0 aromatic rings. The van der Waals surface area contributed by atoms with Crippen LogP contribution >= 0.6 is 7.82 Å². The molecular weight excluding hydrogens is 683 g/mol. The van der Waals surface area contributed by atoms with Crippen LogP contribution in [0.4, 0.5) is 0 Å². The van der Waals surface area contributed by atoms with Gasteiger partial charge in [0.05, 0.1) is 39.9 Å². The Hall–Kier alpha value is -0.500. The lowest BCUT2D eigenvalue weighted by atomic mass is 10.0. The standard InChI is InChI=1S/C44H91N2O6P/c1-6-8-10-12-14-16-18-20-22-23-24-25-27-29-31-33-35-37-43(47)42(41-52-53(49,50)51-40-39-46(3,4)5)45-44(48)38-36-34-32-30-28-26-21-19-17-15-13-11-9-7-2/h42-43,47H,6-41H2,1-5H3,(H-,45,48,49,50)/p+1. The average molecular weight is 776 g/mol. The molecule has 3 unspecified atom stereocenters. The summed E-state index contributed by atoms with van der Waals surface area (Å²) in [6.07, 6.45) is 39.8. The summed E-state index contributed by atoms with van der Waals surface area (Å²) in [5, 5.41) is 14.0. The number of phosphoric acid groups is 1. The fourth-order valence-corrected chi connectivity index (χ4v) is 7.67. The topological polar surface area (TPSA) is 105 Å². The Kier molecular flexibility index (Phi) is 36.7. The van der Waals surface area contributed by atoms with Gasteiger partial charge in [0.1, 0.15) is 13.2 Å². The Morgan fingerprint density at radius 2 is 0.906 bits per heavy atom. The Balaban J connectivity index is 4.31. The van der Waals surface area contributed by atoms with E-state index in [2.05, 4.69) is 19.2 Å². The minimum absolute atomic E-state index is 0.0786. The molecule has 1 amide bonds. The molecule has 0 saturated carbocycles. The lowest BCUT2D eigenvalue weighted by Gasteiger charge is -2.26. The lowest BCUT2D eigenvalue weighted by Crippen LogP contribution is -2.46. The van der Waals surface area contributed by atoms with E-state index in [9.17, 15) is 19.4 Å². The van der Waals surface area contributed by atoms with Crippen molar-refractivity contribution in [3.63, 3.8) is 0 Å². The van der Waals surface area contributed by atoms with E-state index in [1.807, 2.05) is 21.1 Å². The van der Waals surface area contributed by atoms with Crippen molar-refractivity contribution in [2.75, 3.05) is 40.9 Å². The van der Waals surface area contributed by atoms with Gasteiger partial charge in [0.2, 0.25) is 5.91 Å². The van der Waals surface area contributed by atoms with Gasteiger partial charge in [-0.15, -0.1) is 0 Å². The van der Waals surface area contributed by atoms with Gasteiger partial charge >= 0.3 is 7.82 Å². The highest BCUT2D eigenvalue weighted by atomic mass is 31.2. The highest BCUT2D eigenvalue weighted by Crippen LogP contribution is 2.43. The largest absolute Gasteiger partial charge is 0.472 e. The number of aliphatic hydroxyl groups is 1. The Morgan fingerprint density at radius 1 is 0.566 bits per heavy atom. The highest BCUT2D eigenvalue weighted by Gasteiger charge is 2.28. The van der Waals surface area contributed by atoms with Gasteiger partial charge in [0.15, 0.2) is 0 Å². The van der Waals surface area contributed by atoms with E-state index < -0.39 is 20.0 Å². The Morgan fingerprint density at radius 3 is 1.26 bits per heavy atom. The number of rotatable bonds is 42. The van der Waals surface area contributed by atoms with Crippen LogP contribution in [-0.4, -0.2) is 73.4 Å². The summed E-state index contributed by atoms with van der Waals surface area (Å²) in [6.45, 7) is 4.91. The van der Waals surface area contributed by atoms with Crippen molar-refractivity contribution in [2.24, 2.45) is 0 Å². The minimum Gasteiger partial charge on any atom is -0.391 e. The van der Waals surface area contributed by atoms with E-state index in [1.165, 1.54) is 161 Å². The van der Waals surface area contributed by atoms with Gasteiger partial charge in [0.25, 0.3) is 0 Å². The molecule has 0 rings (SSSR count). The van der Waals surface area contributed by atoms with Crippen molar-refractivity contribution in [1.82, 2.24) is 5.32 Å². The number of aliphatic hydroxyl groups excluding tert-OH is 1. The first kappa shape index (κ1) is 52.5. The summed E-state index contributed by atoms with van der Waals surface area (Å²) in [4.78, 5) is 23.1. The fraction of sp³-hybridized carbons (Fsp3) is 0.977. The highest BCUT2D eigenvalue weighted by molar-refractivity contribution is 7.47. The Bertz CT molecular complexity index is 839. The Labute approximate surface area is 329 Å². The molecule has 0 radical (unpaired) electrons. The third-order valence-corrected chi connectivity index (χ3v) is 11.6. The van der Waals surface area contributed by atoms with Crippen LogP contribution in [0, 0.1) is 0 Å². The van der Waals surface area contributed by atoms with Crippen molar-refractivity contribution in [3.05, 3.63) is 0 Å². The summed E-state index contributed by atoms with van der Waals surface area (Å²) in [5.41, 5.74) is 0.